The zero-order valence-electron chi connectivity index (χ0n) is 17.5. The number of halogens is 4. The van der Waals surface area contributed by atoms with Crippen LogP contribution in [0.15, 0.2) is 36.5 Å². The summed E-state index contributed by atoms with van der Waals surface area (Å²) in [7, 11) is 1.56. The largest absolute Gasteiger partial charge is 0.497 e. The summed E-state index contributed by atoms with van der Waals surface area (Å²) in [5.41, 5.74) is -0.593. The van der Waals surface area contributed by atoms with Crippen LogP contribution in [-0.2, 0) is 12.7 Å². The van der Waals surface area contributed by atoms with Crippen LogP contribution in [0.1, 0.15) is 47.1 Å². The molecule has 2 aliphatic rings. The second-order valence-electron chi connectivity index (χ2n) is 8.05. The normalized spacial score (nSPS) is 19.8. The van der Waals surface area contributed by atoms with Gasteiger partial charge in [-0.15, -0.1) is 10.2 Å². The van der Waals surface area contributed by atoms with Crippen molar-refractivity contribution in [2.45, 2.75) is 44.1 Å². The van der Waals surface area contributed by atoms with Gasteiger partial charge in [0, 0.05) is 18.8 Å². The van der Waals surface area contributed by atoms with Gasteiger partial charge in [0.15, 0.2) is 11.6 Å². The molecule has 0 aliphatic carbocycles. The Balaban J connectivity index is 1.54. The van der Waals surface area contributed by atoms with Gasteiger partial charge in [0.25, 0.3) is 5.91 Å². The maximum absolute atomic E-state index is 13.5. The predicted octanol–water partition coefficient (Wildman–Crippen LogP) is 4.77. The zero-order valence-corrected chi connectivity index (χ0v) is 18.3. The number of ether oxygens (including phenoxy) is 1. The fourth-order valence-electron chi connectivity index (χ4n) is 4.68. The van der Waals surface area contributed by atoms with E-state index in [1.54, 1.807) is 30.3 Å². The lowest BCUT2D eigenvalue weighted by Gasteiger charge is -2.45. The molecule has 1 aromatic carbocycles. The summed E-state index contributed by atoms with van der Waals surface area (Å²) in [6.07, 6.45) is -0.826. The zero-order chi connectivity index (χ0) is 23.3. The van der Waals surface area contributed by atoms with Crippen LogP contribution in [0.3, 0.4) is 0 Å². The standard InChI is InChI=1S/C22H19ClF3N5O2/c1-33-13-8-9-27-16(10-13)19-28-29-20-17-7-2-4-12(11-30(19)20)31(17)21(32)14-5-3-6-15(18(14)23)22(24,25)26/h3,5-6,8-10,12,17H,2,4,7,11H2,1H3/t12-,17-/m0/s1. The monoisotopic (exact) mass is 477 g/mol. The van der Waals surface area contributed by atoms with Crippen molar-refractivity contribution in [3.05, 3.63) is 58.5 Å². The quantitative estimate of drug-likeness (QED) is 0.543. The Morgan fingerprint density at radius 1 is 1.21 bits per heavy atom. The molecule has 3 aromatic rings. The van der Waals surface area contributed by atoms with Crippen LogP contribution < -0.4 is 4.74 Å². The van der Waals surface area contributed by atoms with Crippen LogP contribution in [0.5, 0.6) is 5.75 Å². The summed E-state index contributed by atoms with van der Waals surface area (Å²) >= 11 is 6.06. The van der Waals surface area contributed by atoms with Crippen molar-refractivity contribution < 1.29 is 22.7 Å². The molecule has 1 fully saturated rings. The van der Waals surface area contributed by atoms with Gasteiger partial charge < -0.3 is 14.2 Å². The van der Waals surface area contributed by atoms with Crippen LogP contribution in [0.25, 0.3) is 11.5 Å². The van der Waals surface area contributed by atoms with E-state index in [-0.39, 0.29) is 11.6 Å². The van der Waals surface area contributed by atoms with Crippen molar-refractivity contribution in [3.63, 3.8) is 0 Å². The van der Waals surface area contributed by atoms with Crippen LogP contribution in [0, 0.1) is 0 Å². The number of rotatable bonds is 3. The highest BCUT2D eigenvalue weighted by molar-refractivity contribution is 6.34. The number of nitrogens with zero attached hydrogens (tertiary/aromatic N) is 5. The molecule has 0 radical (unpaired) electrons. The molecule has 2 aliphatic heterocycles. The maximum atomic E-state index is 13.5. The molecule has 0 spiro atoms. The number of carbonyl (C=O) groups is 1. The van der Waals surface area contributed by atoms with Gasteiger partial charge in [-0.3, -0.25) is 9.78 Å². The molecule has 2 aromatic heterocycles. The van der Waals surface area contributed by atoms with Crippen molar-refractivity contribution in [1.82, 2.24) is 24.6 Å². The summed E-state index contributed by atoms with van der Waals surface area (Å²) in [6, 6.07) is 6.26. The number of alkyl halides is 3. The number of hydrogen-bond donors (Lipinski definition) is 0. The molecule has 0 saturated carbocycles. The van der Waals surface area contributed by atoms with E-state index in [0.717, 1.165) is 12.5 Å². The SMILES string of the molecule is COc1ccnc(-c2nnc3n2C[C@@H]2CCC[C@@H]3N2C(=O)c2cccc(C(F)(F)F)c2Cl)c1. The second kappa shape index (κ2) is 8.02. The molecular weight excluding hydrogens is 459 g/mol. The number of piperidine rings is 1. The number of benzene rings is 1. The minimum absolute atomic E-state index is 0.161. The molecule has 0 unspecified atom stereocenters. The first-order valence-corrected chi connectivity index (χ1v) is 10.8. The van der Waals surface area contributed by atoms with Crippen molar-refractivity contribution >= 4 is 17.5 Å². The van der Waals surface area contributed by atoms with Gasteiger partial charge in [-0.2, -0.15) is 13.2 Å². The molecular formula is C22H19ClF3N5O2. The van der Waals surface area contributed by atoms with Gasteiger partial charge in [-0.25, -0.2) is 0 Å². The average Bonchev–Trinajstić information content (AvgIpc) is 3.21. The summed E-state index contributed by atoms with van der Waals surface area (Å²) in [6.45, 7) is 0.412. The van der Waals surface area contributed by atoms with E-state index < -0.39 is 28.7 Å². The van der Waals surface area contributed by atoms with E-state index in [9.17, 15) is 18.0 Å². The number of aromatic nitrogens is 4. The van der Waals surface area contributed by atoms with E-state index in [1.807, 2.05) is 4.57 Å². The van der Waals surface area contributed by atoms with Crippen molar-refractivity contribution in [2.75, 3.05) is 7.11 Å². The Bertz CT molecular complexity index is 1230. The summed E-state index contributed by atoms with van der Waals surface area (Å²) < 4.78 is 47.2. The first kappa shape index (κ1) is 21.7. The van der Waals surface area contributed by atoms with Gasteiger partial charge in [0.2, 0.25) is 0 Å². The van der Waals surface area contributed by atoms with Crippen LogP contribution >= 0.6 is 11.6 Å². The number of amides is 1. The fourth-order valence-corrected chi connectivity index (χ4v) is 4.99. The van der Waals surface area contributed by atoms with Gasteiger partial charge >= 0.3 is 6.18 Å². The lowest BCUT2D eigenvalue weighted by molar-refractivity contribution is -0.137. The van der Waals surface area contributed by atoms with Gasteiger partial charge in [0.1, 0.15) is 11.4 Å². The number of carbonyl (C=O) groups excluding carboxylic acids is 1. The van der Waals surface area contributed by atoms with Crippen LogP contribution in [-0.4, -0.2) is 43.7 Å². The van der Waals surface area contributed by atoms with Gasteiger partial charge in [-0.1, -0.05) is 17.7 Å². The molecule has 4 heterocycles. The topological polar surface area (TPSA) is 73.1 Å². The third-order valence-corrected chi connectivity index (χ3v) is 6.59. The highest BCUT2D eigenvalue weighted by Gasteiger charge is 2.44. The van der Waals surface area contributed by atoms with E-state index in [0.29, 0.717) is 42.5 Å². The van der Waals surface area contributed by atoms with Crippen molar-refractivity contribution in [2.24, 2.45) is 0 Å². The molecule has 7 nitrogen and oxygen atoms in total. The molecule has 172 valence electrons. The minimum Gasteiger partial charge on any atom is -0.497 e. The lowest BCUT2D eigenvalue weighted by atomic mass is 9.90. The van der Waals surface area contributed by atoms with E-state index in [4.69, 9.17) is 16.3 Å². The van der Waals surface area contributed by atoms with Gasteiger partial charge in [0.05, 0.1) is 35.3 Å². The molecule has 2 bridgehead atoms. The predicted molar refractivity (Wildman–Crippen MR) is 113 cm³/mol. The van der Waals surface area contributed by atoms with E-state index in [2.05, 4.69) is 15.2 Å². The molecule has 0 N–H and O–H groups in total. The highest BCUT2D eigenvalue weighted by atomic mass is 35.5. The van der Waals surface area contributed by atoms with Gasteiger partial charge in [-0.05, 0) is 37.5 Å². The van der Waals surface area contributed by atoms with Crippen molar-refractivity contribution in [3.8, 4) is 17.3 Å². The Hall–Kier alpha value is -3.14. The Kier molecular flexibility index (Phi) is 5.27. The number of hydrogen-bond acceptors (Lipinski definition) is 5. The Morgan fingerprint density at radius 2 is 2.03 bits per heavy atom. The lowest BCUT2D eigenvalue weighted by Crippen LogP contribution is -2.52. The average molecular weight is 478 g/mol. The number of fused-ring (bicyclic) bond motifs is 4. The molecule has 5 rings (SSSR count). The highest BCUT2D eigenvalue weighted by Crippen LogP contribution is 2.43. The minimum atomic E-state index is -4.65. The van der Waals surface area contributed by atoms with Crippen LogP contribution in [0.4, 0.5) is 13.2 Å². The number of methoxy groups -OCH3 is 1. The van der Waals surface area contributed by atoms with Crippen molar-refractivity contribution in [1.29, 1.82) is 0 Å². The van der Waals surface area contributed by atoms with E-state index >= 15 is 0 Å². The third kappa shape index (κ3) is 3.62. The fraction of sp³-hybridized carbons (Fsp3) is 0.364. The summed E-state index contributed by atoms with van der Waals surface area (Å²) in [4.78, 5) is 19.5. The smallest absolute Gasteiger partial charge is 0.417 e. The van der Waals surface area contributed by atoms with Crippen LogP contribution in [0.2, 0.25) is 5.02 Å². The Labute approximate surface area is 192 Å². The summed E-state index contributed by atoms with van der Waals surface area (Å²) in [5, 5.41) is 8.07. The Morgan fingerprint density at radius 3 is 2.79 bits per heavy atom. The molecule has 33 heavy (non-hydrogen) atoms. The molecule has 11 heteroatoms. The third-order valence-electron chi connectivity index (χ3n) is 6.18. The second-order valence-corrected chi connectivity index (χ2v) is 8.43. The first-order chi connectivity index (χ1) is 15.8. The molecule has 2 atom stereocenters. The van der Waals surface area contributed by atoms with E-state index in [1.165, 1.54) is 12.1 Å². The number of pyridine rings is 1. The summed E-state index contributed by atoms with van der Waals surface area (Å²) in [5.74, 6) is 1.24. The first-order valence-electron chi connectivity index (χ1n) is 10.4. The molecule has 1 saturated heterocycles. The molecule has 1 amide bonds. The maximum Gasteiger partial charge on any atom is 0.417 e.